The van der Waals surface area contributed by atoms with E-state index in [0.29, 0.717) is 5.75 Å². The van der Waals surface area contributed by atoms with Crippen LogP contribution in [0.3, 0.4) is 0 Å². The molecule has 29 heavy (non-hydrogen) atoms. The van der Waals surface area contributed by atoms with Crippen LogP contribution in [-0.4, -0.2) is 37.4 Å². The summed E-state index contributed by atoms with van der Waals surface area (Å²) < 4.78 is 6.80. The first-order valence-electron chi connectivity index (χ1n) is 9.88. The van der Waals surface area contributed by atoms with Gasteiger partial charge in [0.1, 0.15) is 5.75 Å². The molecule has 0 aromatic heterocycles. The molecular formula is C23H27BrN2O3. The number of rotatable bonds is 8. The molecule has 3 rings (SSSR count). The molecule has 1 fully saturated rings. The molecule has 154 valence electrons. The van der Waals surface area contributed by atoms with E-state index in [9.17, 15) is 9.59 Å². The van der Waals surface area contributed by atoms with Gasteiger partial charge in [-0.05, 0) is 42.5 Å². The van der Waals surface area contributed by atoms with Crippen LogP contribution < -0.4 is 10.1 Å². The Morgan fingerprint density at radius 3 is 2.52 bits per heavy atom. The van der Waals surface area contributed by atoms with Gasteiger partial charge in [-0.2, -0.15) is 0 Å². The lowest BCUT2D eigenvalue weighted by atomic mass is 10.0. The van der Waals surface area contributed by atoms with Crippen molar-refractivity contribution in [1.82, 2.24) is 10.2 Å². The molecule has 0 bridgehead atoms. The first kappa shape index (κ1) is 21.4. The smallest absolute Gasteiger partial charge is 0.259 e. The van der Waals surface area contributed by atoms with E-state index in [-0.39, 0.29) is 36.3 Å². The van der Waals surface area contributed by atoms with Gasteiger partial charge >= 0.3 is 0 Å². The van der Waals surface area contributed by atoms with E-state index in [1.165, 1.54) is 10.5 Å². The Balaban J connectivity index is 1.65. The van der Waals surface area contributed by atoms with E-state index in [0.717, 1.165) is 22.9 Å². The van der Waals surface area contributed by atoms with Crippen molar-refractivity contribution in [2.24, 2.45) is 5.92 Å². The predicted molar refractivity (Wildman–Crippen MR) is 117 cm³/mol. The Bertz CT molecular complexity index is 867. The Hall–Kier alpha value is -2.34. The maximum atomic E-state index is 12.8. The number of hydrogen-bond acceptors (Lipinski definition) is 3. The monoisotopic (exact) mass is 458 g/mol. The molecular weight excluding hydrogens is 432 g/mol. The molecule has 0 saturated heterocycles. The standard InChI is InChI=1S/C23H27BrN2O3/c1-4-20(17-7-5-6-8-21(17)29-14-22(27)26(2)3)25-23(28)19-13-18(19)15-9-11-16(24)12-10-15/h5-12,18-20H,4,13-14H2,1-3H3,(H,25,28). The molecule has 6 heteroatoms. The average Bonchev–Trinajstić information content (AvgIpc) is 3.52. The summed E-state index contributed by atoms with van der Waals surface area (Å²) in [5.74, 6) is 0.893. The second-order valence-electron chi connectivity index (χ2n) is 7.58. The summed E-state index contributed by atoms with van der Waals surface area (Å²) in [5, 5.41) is 3.18. The Labute approximate surface area is 180 Å². The summed E-state index contributed by atoms with van der Waals surface area (Å²) in [6.07, 6.45) is 1.61. The molecule has 2 aromatic rings. The number of carbonyl (C=O) groups excluding carboxylic acids is 2. The number of carbonyl (C=O) groups is 2. The maximum Gasteiger partial charge on any atom is 0.259 e. The Kier molecular flexibility index (Phi) is 6.96. The minimum absolute atomic E-state index is 0.00799. The minimum Gasteiger partial charge on any atom is -0.483 e. The fourth-order valence-electron chi connectivity index (χ4n) is 3.41. The van der Waals surface area contributed by atoms with Gasteiger partial charge in [-0.3, -0.25) is 9.59 Å². The highest BCUT2D eigenvalue weighted by Gasteiger charge is 2.44. The van der Waals surface area contributed by atoms with Crippen LogP contribution in [0.5, 0.6) is 5.75 Å². The number of amides is 2. The van der Waals surface area contributed by atoms with Crippen LogP contribution in [0.2, 0.25) is 0 Å². The van der Waals surface area contributed by atoms with Gasteiger partial charge in [0.05, 0.1) is 6.04 Å². The summed E-state index contributed by atoms with van der Waals surface area (Å²) in [6, 6.07) is 15.6. The summed E-state index contributed by atoms with van der Waals surface area (Å²) in [7, 11) is 3.40. The van der Waals surface area contributed by atoms with E-state index in [2.05, 4.69) is 33.4 Å². The molecule has 1 aliphatic carbocycles. The highest BCUT2D eigenvalue weighted by molar-refractivity contribution is 9.10. The van der Waals surface area contributed by atoms with E-state index < -0.39 is 0 Å². The van der Waals surface area contributed by atoms with Crippen molar-refractivity contribution >= 4 is 27.7 Å². The molecule has 0 spiro atoms. The Morgan fingerprint density at radius 1 is 1.17 bits per heavy atom. The molecule has 5 nitrogen and oxygen atoms in total. The molecule has 1 N–H and O–H groups in total. The number of halogens is 1. The first-order chi connectivity index (χ1) is 13.9. The van der Waals surface area contributed by atoms with Crippen molar-refractivity contribution < 1.29 is 14.3 Å². The number of hydrogen-bond donors (Lipinski definition) is 1. The van der Waals surface area contributed by atoms with Crippen molar-refractivity contribution in [3.8, 4) is 5.75 Å². The van der Waals surface area contributed by atoms with Gasteiger partial charge in [0.25, 0.3) is 5.91 Å². The van der Waals surface area contributed by atoms with E-state index >= 15 is 0 Å². The van der Waals surface area contributed by atoms with Gasteiger partial charge < -0.3 is 15.0 Å². The second kappa shape index (κ2) is 9.44. The molecule has 2 amide bonds. The molecule has 0 heterocycles. The fraction of sp³-hybridized carbons (Fsp3) is 0.391. The highest BCUT2D eigenvalue weighted by atomic mass is 79.9. The predicted octanol–water partition coefficient (Wildman–Crippen LogP) is 4.29. The van der Waals surface area contributed by atoms with E-state index in [1.807, 2.05) is 43.3 Å². The Morgan fingerprint density at radius 2 is 1.86 bits per heavy atom. The van der Waals surface area contributed by atoms with E-state index in [4.69, 9.17) is 4.74 Å². The summed E-state index contributed by atoms with van der Waals surface area (Å²) in [6.45, 7) is 2.01. The van der Waals surface area contributed by atoms with Gasteiger partial charge in [0.15, 0.2) is 6.61 Å². The van der Waals surface area contributed by atoms with Gasteiger partial charge in [-0.25, -0.2) is 0 Å². The van der Waals surface area contributed by atoms with Crippen LogP contribution in [0, 0.1) is 5.92 Å². The van der Waals surface area contributed by atoms with Crippen molar-refractivity contribution in [2.45, 2.75) is 31.7 Å². The van der Waals surface area contributed by atoms with Crippen LogP contribution in [-0.2, 0) is 9.59 Å². The number of para-hydroxylation sites is 1. The van der Waals surface area contributed by atoms with Crippen LogP contribution in [0.25, 0.3) is 0 Å². The summed E-state index contributed by atoms with van der Waals surface area (Å²) >= 11 is 3.45. The summed E-state index contributed by atoms with van der Waals surface area (Å²) in [5.41, 5.74) is 2.10. The third kappa shape index (κ3) is 5.38. The number of ether oxygens (including phenoxy) is 1. The lowest BCUT2D eigenvalue weighted by Crippen LogP contribution is -2.31. The average molecular weight is 459 g/mol. The molecule has 2 aromatic carbocycles. The third-order valence-corrected chi connectivity index (χ3v) is 5.82. The van der Waals surface area contributed by atoms with Crippen LogP contribution >= 0.6 is 15.9 Å². The molecule has 0 aliphatic heterocycles. The zero-order chi connectivity index (χ0) is 21.0. The fourth-order valence-corrected chi connectivity index (χ4v) is 3.67. The number of benzene rings is 2. The van der Waals surface area contributed by atoms with Crippen LogP contribution in [0.4, 0.5) is 0 Å². The van der Waals surface area contributed by atoms with Crippen molar-refractivity contribution in [1.29, 1.82) is 0 Å². The van der Waals surface area contributed by atoms with Gasteiger partial charge in [-0.1, -0.05) is 53.2 Å². The van der Waals surface area contributed by atoms with Crippen molar-refractivity contribution in [3.05, 3.63) is 64.1 Å². The minimum atomic E-state index is -0.153. The number of nitrogens with zero attached hydrogens (tertiary/aromatic N) is 1. The quantitative estimate of drug-likeness (QED) is 0.641. The molecule has 3 unspecified atom stereocenters. The zero-order valence-electron chi connectivity index (χ0n) is 17.0. The third-order valence-electron chi connectivity index (χ3n) is 5.29. The van der Waals surface area contributed by atoms with Crippen molar-refractivity contribution in [3.63, 3.8) is 0 Å². The van der Waals surface area contributed by atoms with Gasteiger partial charge in [-0.15, -0.1) is 0 Å². The molecule has 1 aliphatic rings. The SMILES string of the molecule is CCC(NC(=O)C1CC1c1ccc(Br)cc1)c1ccccc1OCC(=O)N(C)C. The first-order valence-corrected chi connectivity index (χ1v) is 10.7. The number of likely N-dealkylation sites (N-methyl/N-ethyl adjacent to an activating group) is 1. The van der Waals surface area contributed by atoms with E-state index in [1.54, 1.807) is 14.1 Å². The lowest BCUT2D eigenvalue weighted by molar-refractivity contribution is -0.130. The molecule has 3 atom stereocenters. The van der Waals surface area contributed by atoms with Crippen LogP contribution in [0.15, 0.2) is 53.0 Å². The topological polar surface area (TPSA) is 58.6 Å². The largest absolute Gasteiger partial charge is 0.483 e. The zero-order valence-corrected chi connectivity index (χ0v) is 18.6. The summed E-state index contributed by atoms with van der Waals surface area (Å²) in [4.78, 5) is 26.2. The van der Waals surface area contributed by atoms with Crippen LogP contribution in [0.1, 0.15) is 42.9 Å². The number of nitrogens with one attached hydrogen (secondary N) is 1. The lowest BCUT2D eigenvalue weighted by Gasteiger charge is -2.21. The second-order valence-corrected chi connectivity index (χ2v) is 8.50. The highest BCUT2D eigenvalue weighted by Crippen LogP contribution is 2.48. The maximum absolute atomic E-state index is 12.8. The van der Waals surface area contributed by atoms with Gasteiger partial charge in [0, 0.05) is 30.0 Å². The van der Waals surface area contributed by atoms with Gasteiger partial charge in [0.2, 0.25) is 5.91 Å². The van der Waals surface area contributed by atoms with Crippen molar-refractivity contribution in [2.75, 3.05) is 20.7 Å². The molecule has 0 radical (unpaired) electrons. The molecule has 1 saturated carbocycles. The normalized spacial score (nSPS) is 18.6.